The lowest BCUT2D eigenvalue weighted by atomic mass is 9.98. The van der Waals surface area contributed by atoms with Gasteiger partial charge in [-0.2, -0.15) is 11.8 Å². The first-order chi connectivity index (χ1) is 8.85. The Morgan fingerprint density at radius 3 is 2.53 bits per heavy atom. The number of aliphatic hydroxyl groups is 1. The molecule has 0 aromatic rings. The second-order valence-electron chi connectivity index (χ2n) is 5.46. The van der Waals surface area contributed by atoms with E-state index in [-0.39, 0.29) is 18.6 Å². The predicted octanol–water partition coefficient (Wildman–Crippen LogP) is 2.06. The fourth-order valence-corrected chi connectivity index (χ4v) is 3.00. The van der Waals surface area contributed by atoms with E-state index in [1.165, 1.54) is 0 Å². The highest BCUT2D eigenvalue weighted by Crippen LogP contribution is 2.18. The summed E-state index contributed by atoms with van der Waals surface area (Å²) in [6.45, 7) is 10.4. The maximum Gasteiger partial charge on any atom is 0.326 e. The number of hydrogen-bond donors (Lipinski definition) is 2. The molecular formula is C14H29NO3S. The Morgan fingerprint density at radius 2 is 2.05 bits per heavy atom. The molecule has 0 radical (unpaired) electrons. The van der Waals surface area contributed by atoms with Gasteiger partial charge in [0.15, 0.2) is 0 Å². The number of thioether (sulfide) groups is 1. The zero-order chi connectivity index (χ0) is 14.9. The molecule has 0 fully saturated rings. The first kappa shape index (κ1) is 18.7. The minimum Gasteiger partial charge on any atom is -0.465 e. The Morgan fingerprint density at radius 1 is 1.42 bits per heavy atom. The fourth-order valence-electron chi connectivity index (χ4n) is 1.77. The zero-order valence-corrected chi connectivity index (χ0v) is 13.7. The van der Waals surface area contributed by atoms with Crippen molar-refractivity contribution in [1.29, 1.82) is 0 Å². The first-order valence-corrected chi connectivity index (χ1v) is 8.14. The number of nitrogens with one attached hydrogen (secondary N) is 1. The van der Waals surface area contributed by atoms with Crippen LogP contribution in [-0.2, 0) is 9.53 Å². The number of carbonyl (C=O) groups excluding carboxylic acids is 1. The van der Waals surface area contributed by atoms with Crippen LogP contribution in [0.5, 0.6) is 0 Å². The van der Waals surface area contributed by atoms with Crippen molar-refractivity contribution in [2.75, 3.05) is 24.7 Å². The highest BCUT2D eigenvalue weighted by atomic mass is 32.2. The van der Waals surface area contributed by atoms with Gasteiger partial charge in [0, 0.05) is 12.6 Å². The van der Waals surface area contributed by atoms with E-state index in [1.54, 1.807) is 11.8 Å². The van der Waals surface area contributed by atoms with Crippen LogP contribution in [-0.4, -0.2) is 47.4 Å². The molecule has 2 unspecified atom stereocenters. The molecule has 5 heteroatoms. The van der Waals surface area contributed by atoms with Crippen LogP contribution in [0.15, 0.2) is 0 Å². The molecule has 4 nitrogen and oxygen atoms in total. The van der Waals surface area contributed by atoms with Gasteiger partial charge in [0.25, 0.3) is 0 Å². The van der Waals surface area contributed by atoms with Gasteiger partial charge in [-0.1, -0.05) is 6.92 Å². The molecule has 0 amide bonds. The van der Waals surface area contributed by atoms with E-state index in [2.05, 4.69) is 5.32 Å². The van der Waals surface area contributed by atoms with Gasteiger partial charge >= 0.3 is 5.97 Å². The molecule has 2 atom stereocenters. The summed E-state index contributed by atoms with van der Waals surface area (Å²) in [6, 6.07) is 0.232. The summed E-state index contributed by atoms with van der Waals surface area (Å²) in [5.41, 5.74) is -0.625. The number of esters is 1. The summed E-state index contributed by atoms with van der Waals surface area (Å²) < 4.78 is 5.16. The second kappa shape index (κ2) is 9.61. The van der Waals surface area contributed by atoms with Crippen LogP contribution in [0.4, 0.5) is 0 Å². The van der Waals surface area contributed by atoms with E-state index in [0.717, 1.165) is 17.9 Å². The zero-order valence-electron chi connectivity index (χ0n) is 12.9. The van der Waals surface area contributed by atoms with Crippen LogP contribution in [0.3, 0.4) is 0 Å². The van der Waals surface area contributed by atoms with E-state index >= 15 is 0 Å². The van der Waals surface area contributed by atoms with Crippen molar-refractivity contribution in [2.45, 2.75) is 52.6 Å². The van der Waals surface area contributed by atoms with Gasteiger partial charge < -0.3 is 9.84 Å². The van der Waals surface area contributed by atoms with Gasteiger partial charge in [-0.3, -0.25) is 10.1 Å². The topological polar surface area (TPSA) is 58.6 Å². The van der Waals surface area contributed by atoms with Crippen molar-refractivity contribution in [2.24, 2.45) is 5.92 Å². The highest BCUT2D eigenvalue weighted by molar-refractivity contribution is 7.99. The van der Waals surface area contributed by atoms with Crippen molar-refractivity contribution < 1.29 is 14.6 Å². The molecule has 0 spiro atoms. The summed E-state index contributed by atoms with van der Waals surface area (Å²) in [4.78, 5) is 12.1. The number of rotatable bonds is 10. The maximum absolute atomic E-state index is 12.1. The molecule has 0 aliphatic heterocycles. The smallest absolute Gasteiger partial charge is 0.326 e. The average Bonchev–Trinajstić information content (AvgIpc) is 2.33. The Balaban J connectivity index is 4.31. The lowest BCUT2D eigenvalue weighted by Gasteiger charge is -2.30. The van der Waals surface area contributed by atoms with Gasteiger partial charge in [-0.25, -0.2) is 0 Å². The number of aliphatic hydroxyl groups excluding tert-OH is 1. The molecule has 0 saturated heterocycles. The van der Waals surface area contributed by atoms with E-state index in [1.807, 2.05) is 34.6 Å². The predicted molar refractivity (Wildman–Crippen MR) is 81.5 cm³/mol. The van der Waals surface area contributed by atoms with Crippen LogP contribution in [0, 0.1) is 5.92 Å². The Labute approximate surface area is 121 Å². The molecule has 0 bridgehead atoms. The van der Waals surface area contributed by atoms with Crippen molar-refractivity contribution in [3.8, 4) is 0 Å². The summed E-state index contributed by atoms with van der Waals surface area (Å²) >= 11 is 1.77. The second-order valence-corrected chi connectivity index (χ2v) is 6.61. The van der Waals surface area contributed by atoms with Crippen LogP contribution >= 0.6 is 11.8 Å². The van der Waals surface area contributed by atoms with E-state index < -0.39 is 5.54 Å². The highest BCUT2D eigenvalue weighted by Gasteiger charge is 2.34. The van der Waals surface area contributed by atoms with Crippen molar-refractivity contribution >= 4 is 17.7 Å². The van der Waals surface area contributed by atoms with E-state index in [9.17, 15) is 4.79 Å². The molecule has 114 valence electrons. The monoisotopic (exact) mass is 291 g/mol. The molecule has 0 saturated carbocycles. The molecule has 0 rings (SSSR count). The summed E-state index contributed by atoms with van der Waals surface area (Å²) in [5, 5.41) is 12.3. The number of hydrogen-bond acceptors (Lipinski definition) is 5. The molecule has 0 aliphatic carbocycles. The van der Waals surface area contributed by atoms with Crippen molar-refractivity contribution in [3.63, 3.8) is 0 Å². The van der Waals surface area contributed by atoms with Crippen LogP contribution in [0.1, 0.15) is 41.0 Å². The number of ether oxygens (including phenoxy) is 1. The lowest BCUT2D eigenvalue weighted by Crippen LogP contribution is -2.53. The third kappa shape index (κ3) is 7.80. The van der Waals surface area contributed by atoms with Gasteiger partial charge in [0.1, 0.15) is 5.54 Å². The SMILES string of the molecule is CCOC(=O)C(C)(CCSCC(C)CO)NC(C)C. The fraction of sp³-hybridized carbons (Fsp3) is 0.929. The van der Waals surface area contributed by atoms with Crippen molar-refractivity contribution in [1.82, 2.24) is 5.32 Å². The standard InChI is InChI=1S/C14H29NO3S/c1-6-18-13(17)14(5,15-11(2)3)7-8-19-10-12(4)9-16/h11-12,15-16H,6-10H2,1-5H3. The minimum absolute atomic E-state index is 0.181. The minimum atomic E-state index is -0.625. The van der Waals surface area contributed by atoms with Crippen LogP contribution in [0.25, 0.3) is 0 Å². The normalized spacial score (nSPS) is 16.2. The van der Waals surface area contributed by atoms with Crippen molar-refractivity contribution in [3.05, 3.63) is 0 Å². The average molecular weight is 291 g/mol. The summed E-state index contributed by atoms with van der Waals surface area (Å²) in [5.74, 6) is 1.91. The van der Waals surface area contributed by atoms with E-state index in [4.69, 9.17) is 9.84 Å². The molecule has 0 heterocycles. The van der Waals surface area contributed by atoms with Crippen LogP contribution in [0.2, 0.25) is 0 Å². The van der Waals surface area contributed by atoms with E-state index in [0.29, 0.717) is 12.5 Å². The molecule has 0 aromatic carbocycles. The molecule has 0 aliphatic rings. The Hall–Kier alpha value is -0.260. The first-order valence-electron chi connectivity index (χ1n) is 6.99. The molecule has 0 aromatic heterocycles. The quantitative estimate of drug-likeness (QED) is 0.476. The third-order valence-electron chi connectivity index (χ3n) is 2.79. The maximum atomic E-state index is 12.1. The van der Waals surface area contributed by atoms with Gasteiger partial charge in [0.05, 0.1) is 6.61 Å². The number of carbonyl (C=O) groups is 1. The molecular weight excluding hydrogens is 262 g/mol. The Kier molecular flexibility index (Phi) is 9.48. The molecule has 2 N–H and O–H groups in total. The van der Waals surface area contributed by atoms with Gasteiger partial charge in [0.2, 0.25) is 0 Å². The third-order valence-corrected chi connectivity index (χ3v) is 4.09. The summed E-state index contributed by atoms with van der Waals surface area (Å²) in [6.07, 6.45) is 0.729. The van der Waals surface area contributed by atoms with Gasteiger partial charge in [-0.15, -0.1) is 0 Å². The Bertz CT molecular complexity index is 261. The van der Waals surface area contributed by atoms with Crippen LogP contribution < -0.4 is 5.32 Å². The molecule has 19 heavy (non-hydrogen) atoms. The summed E-state index contributed by atoms with van der Waals surface area (Å²) in [7, 11) is 0. The largest absolute Gasteiger partial charge is 0.465 e. The van der Waals surface area contributed by atoms with Gasteiger partial charge in [-0.05, 0) is 51.5 Å². The lowest BCUT2D eigenvalue weighted by molar-refractivity contribution is -0.150.